The standard InChI is InChI=1S/C13H17N3O4/c17-12(18)6-11-9-20-5-4-16(11)13(19)15-8-10-2-1-3-14-7-10/h1-3,7,11H,4-6,8-9H2,(H,15,19)(H,17,18). The highest BCUT2D eigenvalue weighted by atomic mass is 16.5. The van der Waals surface area contributed by atoms with Gasteiger partial charge in [-0.05, 0) is 11.6 Å². The van der Waals surface area contributed by atoms with Crippen LogP contribution in [-0.2, 0) is 16.1 Å². The van der Waals surface area contributed by atoms with Gasteiger partial charge >= 0.3 is 12.0 Å². The van der Waals surface area contributed by atoms with Crippen LogP contribution in [0.2, 0.25) is 0 Å². The number of aliphatic carboxylic acids is 1. The lowest BCUT2D eigenvalue weighted by atomic mass is 10.1. The second kappa shape index (κ2) is 6.85. The second-order valence-corrected chi connectivity index (χ2v) is 4.54. The van der Waals surface area contributed by atoms with Crippen LogP contribution in [0.25, 0.3) is 0 Å². The summed E-state index contributed by atoms with van der Waals surface area (Å²) in [5.74, 6) is -0.939. The number of nitrogens with zero attached hydrogens (tertiary/aromatic N) is 2. The quantitative estimate of drug-likeness (QED) is 0.835. The fourth-order valence-electron chi connectivity index (χ4n) is 2.07. The van der Waals surface area contributed by atoms with E-state index in [1.165, 1.54) is 4.90 Å². The molecule has 1 aromatic heterocycles. The number of amides is 2. The van der Waals surface area contributed by atoms with Crippen LogP contribution in [0.15, 0.2) is 24.5 Å². The van der Waals surface area contributed by atoms with Gasteiger partial charge in [-0.15, -0.1) is 0 Å². The topological polar surface area (TPSA) is 91.8 Å². The highest BCUT2D eigenvalue weighted by Crippen LogP contribution is 2.11. The summed E-state index contributed by atoms with van der Waals surface area (Å²) in [5.41, 5.74) is 0.892. The van der Waals surface area contributed by atoms with Crippen LogP contribution >= 0.6 is 0 Å². The van der Waals surface area contributed by atoms with Gasteiger partial charge in [0.05, 0.1) is 25.7 Å². The molecule has 1 aliphatic rings. The zero-order chi connectivity index (χ0) is 14.4. The van der Waals surface area contributed by atoms with E-state index >= 15 is 0 Å². The number of carboxylic acids is 1. The van der Waals surface area contributed by atoms with Crippen molar-refractivity contribution in [1.82, 2.24) is 15.2 Å². The Kier molecular flexibility index (Phi) is 4.89. The molecule has 0 aliphatic carbocycles. The van der Waals surface area contributed by atoms with Crippen LogP contribution in [0, 0.1) is 0 Å². The molecule has 2 amide bonds. The summed E-state index contributed by atoms with van der Waals surface area (Å²) in [6, 6.07) is 2.96. The number of nitrogens with one attached hydrogen (secondary N) is 1. The SMILES string of the molecule is O=C(O)CC1COCCN1C(=O)NCc1cccnc1. The summed E-state index contributed by atoms with van der Waals surface area (Å²) in [5, 5.41) is 11.6. The number of ether oxygens (including phenoxy) is 1. The van der Waals surface area contributed by atoms with Crippen molar-refractivity contribution < 1.29 is 19.4 Å². The molecule has 1 unspecified atom stereocenters. The van der Waals surface area contributed by atoms with E-state index in [1.807, 2.05) is 6.07 Å². The van der Waals surface area contributed by atoms with Gasteiger partial charge in [0.2, 0.25) is 0 Å². The number of morpholine rings is 1. The maximum absolute atomic E-state index is 12.1. The second-order valence-electron chi connectivity index (χ2n) is 4.54. The number of carboxylic acid groups (broad SMARTS) is 1. The van der Waals surface area contributed by atoms with Gasteiger partial charge in [0.1, 0.15) is 0 Å². The van der Waals surface area contributed by atoms with Crippen LogP contribution in [-0.4, -0.2) is 52.8 Å². The van der Waals surface area contributed by atoms with Crippen LogP contribution in [0.1, 0.15) is 12.0 Å². The Morgan fingerprint density at radius 3 is 3.10 bits per heavy atom. The van der Waals surface area contributed by atoms with Crippen molar-refractivity contribution in [2.45, 2.75) is 19.0 Å². The maximum Gasteiger partial charge on any atom is 0.318 e. The highest BCUT2D eigenvalue weighted by molar-refractivity contribution is 5.76. The minimum Gasteiger partial charge on any atom is -0.481 e. The molecule has 0 aromatic carbocycles. The van der Waals surface area contributed by atoms with Crippen LogP contribution in [0.5, 0.6) is 0 Å². The predicted molar refractivity (Wildman–Crippen MR) is 70.0 cm³/mol. The third-order valence-corrected chi connectivity index (χ3v) is 3.07. The molecule has 7 nitrogen and oxygen atoms in total. The van der Waals surface area contributed by atoms with E-state index in [1.54, 1.807) is 18.5 Å². The minimum atomic E-state index is -0.939. The number of carbonyl (C=O) groups excluding carboxylic acids is 1. The van der Waals surface area contributed by atoms with Crippen molar-refractivity contribution in [3.63, 3.8) is 0 Å². The molecule has 20 heavy (non-hydrogen) atoms. The Bertz CT molecular complexity index is 466. The summed E-state index contributed by atoms with van der Waals surface area (Å²) in [6.07, 6.45) is 3.23. The lowest BCUT2D eigenvalue weighted by Gasteiger charge is -2.34. The van der Waals surface area contributed by atoms with E-state index in [2.05, 4.69) is 10.3 Å². The Labute approximate surface area is 116 Å². The van der Waals surface area contributed by atoms with E-state index in [0.29, 0.717) is 19.7 Å². The molecule has 7 heteroatoms. The lowest BCUT2D eigenvalue weighted by molar-refractivity contribution is -0.139. The van der Waals surface area contributed by atoms with E-state index < -0.39 is 12.0 Å². The molecule has 0 spiro atoms. The van der Waals surface area contributed by atoms with E-state index in [9.17, 15) is 9.59 Å². The number of urea groups is 1. The Hall–Kier alpha value is -2.15. The molecule has 1 fully saturated rings. The average molecular weight is 279 g/mol. The number of pyridine rings is 1. The van der Waals surface area contributed by atoms with Crippen LogP contribution < -0.4 is 5.32 Å². The maximum atomic E-state index is 12.1. The predicted octanol–water partition coefficient (Wildman–Crippen LogP) is 0.467. The Morgan fingerprint density at radius 2 is 2.40 bits per heavy atom. The average Bonchev–Trinajstić information content (AvgIpc) is 2.46. The first kappa shape index (κ1) is 14.3. The Morgan fingerprint density at radius 1 is 1.55 bits per heavy atom. The normalized spacial score (nSPS) is 18.6. The number of rotatable bonds is 4. The van der Waals surface area contributed by atoms with Gasteiger partial charge in [-0.3, -0.25) is 9.78 Å². The van der Waals surface area contributed by atoms with Gasteiger partial charge in [0, 0.05) is 25.5 Å². The first-order valence-corrected chi connectivity index (χ1v) is 6.39. The van der Waals surface area contributed by atoms with Gasteiger partial charge in [-0.25, -0.2) is 4.79 Å². The van der Waals surface area contributed by atoms with Gasteiger partial charge in [-0.2, -0.15) is 0 Å². The first-order chi connectivity index (χ1) is 9.66. The third-order valence-electron chi connectivity index (χ3n) is 3.07. The smallest absolute Gasteiger partial charge is 0.318 e. The molecule has 2 rings (SSSR count). The van der Waals surface area contributed by atoms with Gasteiger partial charge in [0.25, 0.3) is 0 Å². The van der Waals surface area contributed by atoms with E-state index in [-0.39, 0.29) is 19.1 Å². The molecule has 0 saturated carbocycles. The summed E-state index contributed by atoms with van der Waals surface area (Å²) in [4.78, 5) is 28.4. The fourth-order valence-corrected chi connectivity index (χ4v) is 2.07. The van der Waals surface area contributed by atoms with Crippen molar-refractivity contribution in [3.8, 4) is 0 Å². The van der Waals surface area contributed by atoms with E-state index in [4.69, 9.17) is 9.84 Å². The molecule has 0 bridgehead atoms. The van der Waals surface area contributed by atoms with E-state index in [0.717, 1.165) is 5.56 Å². The van der Waals surface area contributed by atoms with Gasteiger partial charge in [-0.1, -0.05) is 6.07 Å². The minimum absolute atomic E-state index is 0.111. The molecule has 0 radical (unpaired) electrons. The fraction of sp³-hybridized carbons (Fsp3) is 0.462. The Balaban J connectivity index is 1.90. The zero-order valence-electron chi connectivity index (χ0n) is 11.0. The number of aromatic nitrogens is 1. The molecule has 1 aliphatic heterocycles. The summed E-state index contributed by atoms with van der Waals surface area (Å²) < 4.78 is 5.23. The van der Waals surface area contributed by atoms with Crippen molar-refractivity contribution in [1.29, 1.82) is 0 Å². The highest BCUT2D eigenvalue weighted by Gasteiger charge is 2.28. The van der Waals surface area contributed by atoms with Crippen LogP contribution in [0.3, 0.4) is 0 Å². The monoisotopic (exact) mass is 279 g/mol. The zero-order valence-corrected chi connectivity index (χ0v) is 11.0. The number of hydrogen-bond donors (Lipinski definition) is 2. The molecule has 2 N–H and O–H groups in total. The molecular weight excluding hydrogens is 262 g/mol. The largest absolute Gasteiger partial charge is 0.481 e. The molecular formula is C13H17N3O4. The number of hydrogen-bond acceptors (Lipinski definition) is 4. The number of carbonyl (C=O) groups is 2. The summed E-state index contributed by atoms with van der Waals surface area (Å²) >= 11 is 0. The first-order valence-electron chi connectivity index (χ1n) is 6.39. The molecule has 1 aromatic rings. The molecule has 2 heterocycles. The third kappa shape index (κ3) is 3.92. The van der Waals surface area contributed by atoms with Gasteiger partial charge < -0.3 is 20.1 Å². The lowest BCUT2D eigenvalue weighted by Crippen LogP contribution is -2.53. The van der Waals surface area contributed by atoms with Crippen molar-refractivity contribution in [2.24, 2.45) is 0 Å². The molecule has 108 valence electrons. The van der Waals surface area contributed by atoms with Gasteiger partial charge in [0.15, 0.2) is 0 Å². The van der Waals surface area contributed by atoms with Crippen molar-refractivity contribution in [3.05, 3.63) is 30.1 Å². The van der Waals surface area contributed by atoms with Crippen LogP contribution in [0.4, 0.5) is 4.79 Å². The summed E-state index contributed by atoms with van der Waals surface area (Å²) in [7, 11) is 0. The van der Waals surface area contributed by atoms with Crippen molar-refractivity contribution in [2.75, 3.05) is 19.8 Å². The molecule has 1 atom stereocenters. The molecule has 1 saturated heterocycles. The van der Waals surface area contributed by atoms with Crippen molar-refractivity contribution >= 4 is 12.0 Å². The summed E-state index contributed by atoms with van der Waals surface area (Å²) in [6.45, 7) is 1.45.